The quantitative estimate of drug-likeness (QED) is 0.327. The number of halogens is 1. The number of nitrogens with one attached hydrogen (secondary N) is 2. The number of aromatic hydroxyl groups is 1. The zero-order chi connectivity index (χ0) is 25.4. The number of carboxylic acids is 1. The third kappa shape index (κ3) is 7.00. The van der Waals surface area contributed by atoms with Crippen molar-refractivity contribution in [1.82, 2.24) is 9.88 Å². The summed E-state index contributed by atoms with van der Waals surface area (Å²) in [5.74, 6) is -1.00. The van der Waals surface area contributed by atoms with Gasteiger partial charge in [0.2, 0.25) is 0 Å². The Labute approximate surface area is 206 Å². The third-order valence-corrected chi connectivity index (χ3v) is 5.47. The molecule has 0 fully saturated rings. The number of pyridine rings is 1. The molecule has 9 nitrogen and oxygen atoms in total. The van der Waals surface area contributed by atoms with Crippen LogP contribution in [-0.2, 0) is 11.3 Å². The number of urea groups is 1. The molecule has 1 atom stereocenters. The molecule has 3 rings (SSSR count). The van der Waals surface area contributed by atoms with Crippen LogP contribution in [0.1, 0.15) is 36.9 Å². The lowest BCUT2D eigenvalue weighted by molar-refractivity contribution is -0.137. The van der Waals surface area contributed by atoms with Crippen LogP contribution in [0.3, 0.4) is 0 Å². The van der Waals surface area contributed by atoms with E-state index in [2.05, 4.69) is 10.6 Å². The third-order valence-electron chi connectivity index (χ3n) is 5.10. The highest BCUT2D eigenvalue weighted by molar-refractivity contribution is 6.31. The lowest BCUT2D eigenvalue weighted by Crippen LogP contribution is -2.36. The van der Waals surface area contributed by atoms with Crippen LogP contribution in [0.5, 0.6) is 11.5 Å². The van der Waals surface area contributed by atoms with Crippen molar-refractivity contribution in [2.24, 2.45) is 0 Å². The number of nitrogens with zero attached hydrogens (tertiary/aromatic N) is 1. The Hall–Kier alpha value is -3.98. The number of rotatable bonds is 10. The van der Waals surface area contributed by atoms with E-state index in [1.165, 1.54) is 16.8 Å². The zero-order valence-corrected chi connectivity index (χ0v) is 19.8. The fourth-order valence-corrected chi connectivity index (χ4v) is 3.59. The Morgan fingerprint density at radius 3 is 2.63 bits per heavy atom. The summed E-state index contributed by atoms with van der Waals surface area (Å²) in [6, 6.07) is 13.3. The van der Waals surface area contributed by atoms with Gasteiger partial charge < -0.3 is 30.2 Å². The lowest BCUT2D eigenvalue weighted by Gasteiger charge is -2.19. The van der Waals surface area contributed by atoms with E-state index >= 15 is 0 Å². The van der Waals surface area contributed by atoms with E-state index in [9.17, 15) is 24.6 Å². The molecule has 0 aliphatic carbocycles. The van der Waals surface area contributed by atoms with Gasteiger partial charge in [0.25, 0.3) is 5.56 Å². The first-order chi connectivity index (χ1) is 16.8. The number of anilines is 1. The SMILES string of the molecule is CCCOc1cccc([C@H](CC(=O)O)NC(=O)Nc2c(O)ccn(Cc3ccccc3Cl)c2=O)c1. The number of carbonyl (C=O) groups is 2. The molecule has 0 unspecified atom stereocenters. The maximum absolute atomic E-state index is 12.9. The van der Waals surface area contributed by atoms with Crippen LogP contribution in [0.4, 0.5) is 10.5 Å². The van der Waals surface area contributed by atoms with Crippen molar-refractivity contribution in [3.63, 3.8) is 0 Å². The van der Waals surface area contributed by atoms with Gasteiger partial charge in [-0.2, -0.15) is 0 Å². The molecule has 184 valence electrons. The van der Waals surface area contributed by atoms with Gasteiger partial charge >= 0.3 is 12.0 Å². The van der Waals surface area contributed by atoms with Crippen LogP contribution in [-0.4, -0.2) is 33.4 Å². The summed E-state index contributed by atoms with van der Waals surface area (Å²) in [6.07, 6.45) is 1.79. The van der Waals surface area contributed by atoms with Crippen molar-refractivity contribution in [2.45, 2.75) is 32.4 Å². The maximum Gasteiger partial charge on any atom is 0.319 e. The van der Waals surface area contributed by atoms with Crippen molar-refractivity contribution >= 4 is 29.3 Å². The molecule has 1 heterocycles. The largest absolute Gasteiger partial charge is 0.505 e. The van der Waals surface area contributed by atoms with Gasteiger partial charge in [-0.05, 0) is 41.8 Å². The highest BCUT2D eigenvalue weighted by Gasteiger charge is 2.21. The first-order valence-electron chi connectivity index (χ1n) is 11.0. The van der Waals surface area contributed by atoms with Crippen molar-refractivity contribution in [1.29, 1.82) is 0 Å². The second-order valence-electron chi connectivity index (χ2n) is 7.77. The number of hydrogen-bond donors (Lipinski definition) is 4. The molecule has 1 aromatic heterocycles. The summed E-state index contributed by atoms with van der Waals surface area (Å²) in [4.78, 5) is 37.1. The molecular weight excluding hydrogens is 474 g/mol. The number of aliphatic carboxylic acids is 1. The first-order valence-corrected chi connectivity index (χ1v) is 11.3. The van der Waals surface area contributed by atoms with Crippen LogP contribution in [0.2, 0.25) is 5.02 Å². The number of carbonyl (C=O) groups excluding carboxylic acids is 1. The van der Waals surface area contributed by atoms with E-state index in [1.807, 2.05) is 6.92 Å². The minimum absolute atomic E-state index is 0.126. The molecule has 3 aromatic rings. The van der Waals surface area contributed by atoms with Gasteiger partial charge in [-0.15, -0.1) is 0 Å². The Balaban J connectivity index is 1.80. The molecule has 2 amide bonds. The maximum atomic E-state index is 12.9. The highest BCUT2D eigenvalue weighted by atomic mass is 35.5. The zero-order valence-electron chi connectivity index (χ0n) is 19.0. The van der Waals surface area contributed by atoms with Crippen LogP contribution >= 0.6 is 11.6 Å². The summed E-state index contributed by atoms with van der Waals surface area (Å²) < 4.78 is 6.88. The molecule has 0 aliphatic rings. The second-order valence-corrected chi connectivity index (χ2v) is 8.18. The van der Waals surface area contributed by atoms with Gasteiger partial charge in [-0.1, -0.05) is 48.9 Å². The summed E-state index contributed by atoms with van der Waals surface area (Å²) in [5.41, 5.74) is 0.213. The lowest BCUT2D eigenvalue weighted by atomic mass is 10.0. The second kappa shape index (κ2) is 11.9. The molecular formula is C25H26ClN3O6. The topological polar surface area (TPSA) is 130 Å². The Bertz CT molecular complexity index is 1260. The summed E-state index contributed by atoms with van der Waals surface area (Å²) in [7, 11) is 0. The molecule has 4 N–H and O–H groups in total. The van der Waals surface area contributed by atoms with Crippen LogP contribution in [0.15, 0.2) is 65.6 Å². The molecule has 0 radical (unpaired) electrons. The van der Waals surface area contributed by atoms with Crippen LogP contribution in [0.25, 0.3) is 0 Å². The number of benzene rings is 2. The minimum atomic E-state index is -1.13. The predicted octanol–water partition coefficient (Wildman–Crippen LogP) is 4.38. The van der Waals surface area contributed by atoms with Crippen LogP contribution < -0.4 is 20.9 Å². The van der Waals surface area contributed by atoms with Gasteiger partial charge in [0, 0.05) is 11.2 Å². The Morgan fingerprint density at radius 1 is 1.14 bits per heavy atom. The fraction of sp³-hybridized carbons (Fsp3) is 0.240. The number of carboxylic acid groups (broad SMARTS) is 1. The number of amides is 2. The summed E-state index contributed by atoms with van der Waals surface area (Å²) in [5, 5.41) is 24.9. The van der Waals surface area contributed by atoms with Gasteiger partial charge in [0.05, 0.1) is 25.6 Å². The summed E-state index contributed by atoms with van der Waals surface area (Å²) in [6.45, 7) is 2.58. The number of hydrogen-bond acceptors (Lipinski definition) is 5. The van der Waals surface area contributed by atoms with Gasteiger partial charge in [-0.3, -0.25) is 9.59 Å². The molecule has 0 saturated heterocycles. The average Bonchev–Trinajstić information content (AvgIpc) is 2.83. The van der Waals surface area contributed by atoms with Crippen LogP contribution in [0, 0.1) is 0 Å². The van der Waals surface area contributed by atoms with Crippen molar-refractivity contribution in [3.8, 4) is 11.5 Å². The van der Waals surface area contributed by atoms with Crippen molar-refractivity contribution in [3.05, 3.63) is 87.3 Å². The number of ether oxygens (including phenoxy) is 1. The Kier molecular flexibility index (Phi) is 8.74. The molecule has 2 aromatic carbocycles. The summed E-state index contributed by atoms with van der Waals surface area (Å²) >= 11 is 6.18. The molecule has 0 bridgehead atoms. The number of aromatic nitrogens is 1. The molecule has 0 spiro atoms. The molecule has 0 saturated carbocycles. The fourth-order valence-electron chi connectivity index (χ4n) is 3.39. The van der Waals surface area contributed by atoms with Gasteiger partial charge in [0.15, 0.2) is 5.69 Å². The van der Waals surface area contributed by atoms with Crippen molar-refractivity contribution < 1.29 is 24.5 Å². The highest BCUT2D eigenvalue weighted by Crippen LogP contribution is 2.24. The monoisotopic (exact) mass is 499 g/mol. The predicted molar refractivity (Wildman–Crippen MR) is 132 cm³/mol. The van der Waals surface area contributed by atoms with Crippen molar-refractivity contribution in [2.75, 3.05) is 11.9 Å². The van der Waals surface area contributed by atoms with E-state index < -0.39 is 35.8 Å². The van der Waals surface area contributed by atoms with Gasteiger partial charge in [0.1, 0.15) is 11.5 Å². The minimum Gasteiger partial charge on any atom is -0.505 e. The molecule has 0 aliphatic heterocycles. The van der Waals surface area contributed by atoms with E-state index in [1.54, 1.807) is 48.5 Å². The normalized spacial score (nSPS) is 11.5. The van der Waals surface area contributed by atoms with E-state index in [0.717, 1.165) is 6.42 Å². The van der Waals surface area contributed by atoms with E-state index in [4.69, 9.17) is 16.3 Å². The van der Waals surface area contributed by atoms with E-state index in [-0.39, 0.29) is 12.2 Å². The molecule has 10 heteroatoms. The standard InChI is InChI=1S/C25H26ClN3O6/c1-2-12-35-18-8-5-7-16(13-18)20(14-22(31)32)27-25(34)28-23-21(30)10-11-29(24(23)33)15-17-6-3-4-9-19(17)26/h3-11,13,20,30H,2,12,14-15H2,1H3,(H,31,32)(H2,27,28,34)/t20-/m0/s1. The smallest absolute Gasteiger partial charge is 0.319 e. The van der Waals surface area contributed by atoms with Gasteiger partial charge in [-0.25, -0.2) is 4.79 Å². The van der Waals surface area contributed by atoms with E-state index in [0.29, 0.717) is 28.5 Å². The molecule has 35 heavy (non-hydrogen) atoms. The Morgan fingerprint density at radius 2 is 1.91 bits per heavy atom. The first kappa shape index (κ1) is 25.6. The average molecular weight is 500 g/mol.